The molecular formula is C57H86N9O26P3. The van der Waals surface area contributed by atoms with E-state index in [0.29, 0.717) is 70.9 Å². The molecule has 0 heterocycles. The van der Waals surface area contributed by atoms with Gasteiger partial charge in [0.2, 0.25) is 11.8 Å². The van der Waals surface area contributed by atoms with Crippen LogP contribution in [0, 0.1) is 64.3 Å². The number of unbranched alkanes of at least 4 members (excludes halogenated alkanes) is 6. The van der Waals surface area contributed by atoms with Crippen molar-refractivity contribution in [1.29, 1.82) is 15.8 Å². The number of hydrogen-bond donors (Lipinski definition) is 5. The predicted molar refractivity (Wildman–Crippen MR) is 342 cm³/mol. The Kier molecular flexibility index (Phi) is 52.3. The fourth-order valence-electron chi connectivity index (χ4n) is 7.14. The first kappa shape index (κ1) is 90.7. The molecular weight excluding hydrogens is 1320 g/mol. The molecule has 6 N–H and O–H groups in total. The van der Waals surface area contributed by atoms with Crippen molar-refractivity contribution in [1.82, 2.24) is 10.6 Å². The van der Waals surface area contributed by atoms with E-state index >= 15 is 0 Å². The lowest BCUT2D eigenvalue weighted by atomic mass is 10.1. The zero-order valence-electron chi connectivity index (χ0n) is 54.6. The van der Waals surface area contributed by atoms with Crippen molar-refractivity contribution in [2.24, 2.45) is 5.73 Å². The maximum absolute atomic E-state index is 12.5. The Hall–Kier alpha value is -8.51. The average Bonchev–Trinajstić information content (AvgIpc) is 0.862. The molecule has 3 aromatic rings. The number of amides is 2. The van der Waals surface area contributed by atoms with Gasteiger partial charge in [0.15, 0.2) is 46.9 Å². The summed E-state index contributed by atoms with van der Waals surface area (Å²) in [5.74, 6) is 0.437. The molecule has 0 aromatic heterocycles. The highest BCUT2D eigenvalue weighted by molar-refractivity contribution is 7.54. The monoisotopic (exact) mass is 1410 g/mol. The maximum atomic E-state index is 12.5. The van der Waals surface area contributed by atoms with E-state index in [1.165, 1.54) is 79.0 Å². The molecule has 0 radical (unpaired) electrons. The summed E-state index contributed by atoms with van der Waals surface area (Å²) in [4.78, 5) is 85.4. The number of nitro groups is 3. The lowest BCUT2D eigenvalue weighted by Crippen LogP contribution is -2.16. The number of rotatable bonds is 42. The van der Waals surface area contributed by atoms with Gasteiger partial charge in [-0.2, -0.15) is 15.8 Å². The van der Waals surface area contributed by atoms with Crippen molar-refractivity contribution in [3.8, 4) is 52.7 Å². The first-order valence-electron chi connectivity index (χ1n) is 28.7. The number of aliphatic hydroxyl groups is 1. The molecule has 3 aromatic carbocycles. The molecule has 0 saturated heterocycles. The van der Waals surface area contributed by atoms with Gasteiger partial charge in [0, 0.05) is 73.6 Å². The average molecular weight is 1410 g/mol. The van der Waals surface area contributed by atoms with Crippen LogP contribution in [0.1, 0.15) is 118 Å². The Morgan fingerprint density at radius 2 is 0.905 bits per heavy atom. The standard InChI is InChI=1S/C19H28N3O8P.C18H25N2O9P.C15H20N2O6.C3H4NO2P.CH5N.CH4O/c1-21-19(23)8-5-4-6-10-29-18-13-16(22(24)25)15(12-17(18)27-2)14-30-31(26,28-3)11-7-9-20;1-26-16-11-14(13-29-30(25,27-2)10-6-8-19)15(20(23)24)12-17(16)28-9-5-3-4-7-18(21)22;1-16-15(19)6-4-3-5-7-23-14-9-12(17(20)21)11(10-18)8-13(14)22-2;4-2-1-3-7(5)6;2*1-2/h12-13H,4-8,10-11,14H2,1-3H3,(H,21,23);11-12H,3-7,9-10,13H2,1-2H3,(H,21,22);8-10H,3-7H2,1-2H3,(H,16,19);1,3H2;2H2,1H3;2H,1H3. The molecule has 0 aliphatic heterocycles. The number of ether oxygens (including phenoxy) is 6. The van der Waals surface area contributed by atoms with E-state index in [1.807, 2.05) is 12.1 Å². The number of carbonyl (C=O) groups is 4. The van der Waals surface area contributed by atoms with Crippen LogP contribution in [0.25, 0.3) is 0 Å². The number of methoxy groups -OCH3 is 3. The number of nitrogens with zero attached hydrogens (tertiary/aromatic N) is 6. The summed E-state index contributed by atoms with van der Waals surface area (Å²) in [6.45, 7) is 0.129. The third-order valence-corrected chi connectivity index (χ3v) is 16.3. The molecule has 3 unspecified atom stereocenters. The number of carboxylic acids is 1. The summed E-state index contributed by atoms with van der Waals surface area (Å²) in [6, 6.07) is 13.1. The third-order valence-electron chi connectivity index (χ3n) is 12.0. The highest BCUT2D eigenvalue weighted by Gasteiger charge is 2.29. The van der Waals surface area contributed by atoms with E-state index in [9.17, 15) is 68.1 Å². The van der Waals surface area contributed by atoms with Gasteiger partial charge in [-0.25, -0.2) is 0 Å². The molecule has 0 bridgehead atoms. The van der Waals surface area contributed by atoms with E-state index < -0.39 is 44.0 Å². The lowest BCUT2D eigenvalue weighted by molar-refractivity contribution is -0.386. The number of carboxylic acid groups (broad SMARTS) is 1. The number of aliphatic hydroxyl groups excluding tert-OH is 1. The fourth-order valence-corrected chi connectivity index (χ4v) is 9.67. The Balaban J connectivity index is -0.00000125. The first-order valence-corrected chi connectivity index (χ1v) is 33.6. The van der Waals surface area contributed by atoms with E-state index in [2.05, 4.69) is 16.4 Å². The topological polar surface area (TPSA) is 526 Å². The van der Waals surface area contributed by atoms with E-state index in [4.69, 9.17) is 72.5 Å². The van der Waals surface area contributed by atoms with Gasteiger partial charge in [-0.1, -0.05) is 4.57 Å². The van der Waals surface area contributed by atoms with Crippen LogP contribution >= 0.6 is 23.2 Å². The zero-order chi connectivity index (χ0) is 72.8. The van der Waals surface area contributed by atoms with Gasteiger partial charge in [0.1, 0.15) is 0 Å². The van der Waals surface area contributed by atoms with Crippen molar-refractivity contribution in [2.45, 2.75) is 110 Å². The van der Waals surface area contributed by atoms with Crippen molar-refractivity contribution >= 4 is 64.4 Å². The van der Waals surface area contributed by atoms with Crippen LogP contribution in [-0.4, -0.2) is 151 Å². The molecule has 38 heteroatoms. The van der Waals surface area contributed by atoms with E-state index in [1.54, 1.807) is 20.2 Å². The molecule has 95 heavy (non-hydrogen) atoms. The normalized spacial score (nSPS) is 11.3. The number of carbonyl (C=O) groups excluding carboxylic acids is 3. The van der Waals surface area contributed by atoms with Gasteiger partial charge in [0.05, 0.1) is 141 Å². The van der Waals surface area contributed by atoms with Crippen molar-refractivity contribution in [3.63, 3.8) is 0 Å². The highest BCUT2D eigenvalue weighted by Crippen LogP contribution is 2.51. The van der Waals surface area contributed by atoms with Crippen LogP contribution in [0.2, 0.25) is 0 Å². The molecule has 3 atom stereocenters. The smallest absolute Gasteiger partial charge is 0.331 e. The Bertz CT molecular complexity index is 3090. The predicted octanol–water partition coefficient (Wildman–Crippen LogP) is 8.74. The minimum Gasteiger partial charge on any atom is -0.596 e. The van der Waals surface area contributed by atoms with Crippen LogP contribution in [-0.2, 0) is 59.4 Å². The van der Waals surface area contributed by atoms with E-state index in [-0.39, 0.29) is 144 Å². The van der Waals surface area contributed by atoms with Crippen LogP contribution in [0.15, 0.2) is 36.4 Å². The second kappa shape index (κ2) is 54.8. The SMILES string of the molecule is CN.CNC(=O)CCCCCOc1cc([N+](=O)[O-])c(C=O)cc1OC.CNC(=O)CCCCCOc1cc([N+](=O)[O-])c(COP(=O)(CCC#N)OC)cc1OC.CO.COc1cc(COP(=O)(CCC#N)OC)c([N+](=O)[O-])cc1OCCCCCC(=O)O.N#CCC[P+](=O)[O-]. The number of nitrogens with two attached hydrogens (primary N) is 1. The summed E-state index contributed by atoms with van der Waals surface area (Å²) in [5, 5.41) is 79.8. The number of nitro benzene ring substituents is 3. The van der Waals surface area contributed by atoms with Crippen LogP contribution < -0.4 is 49.7 Å². The van der Waals surface area contributed by atoms with Gasteiger partial charge in [-0.3, -0.25) is 58.7 Å². The van der Waals surface area contributed by atoms with E-state index in [0.717, 1.165) is 26.4 Å². The van der Waals surface area contributed by atoms with Crippen molar-refractivity contribution < 1.29 is 109 Å². The molecule has 0 fully saturated rings. The van der Waals surface area contributed by atoms with Crippen molar-refractivity contribution in [3.05, 3.63) is 83.4 Å². The van der Waals surface area contributed by atoms with Gasteiger partial charge in [-0.05, 0) is 77.0 Å². The third kappa shape index (κ3) is 39.7. The number of aliphatic carboxylic acids is 1. The second-order valence-electron chi connectivity index (χ2n) is 18.3. The zero-order valence-corrected chi connectivity index (χ0v) is 57.3. The molecule has 0 aliphatic rings. The summed E-state index contributed by atoms with van der Waals surface area (Å²) in [7, 11) is 2.77. The van der Waals surface area contributed by atoms with Gasteiger partial charge >= 0.3 is 29.2 Å². The molecule has 2 amide bonds. The lowest BCUT2D eigenvalue weighted by Gasteiger charge is -2.16. The quantitative estimate of drug-likeness (QED) is 0.0116. The van der Waals surface area contributed by atoms with Crippen LogP contribution in [0.5, 0.6) is 34.5 Å². The second-order valence-corrected chi connectivity index (χ2v) is 24.0. The Labute approximate surface area is 551 Å². The minimum atomic E-state index is -3.56. The maximum Gasteiger partial charge on any atom is 0.331 e. The Morgan fingerprint density at radius 3 is 1.18 bits per heavy atom. The molecule has 35 nitrogen and oxygen atoms in total. The number of benzene rings is 3. The summed E-state index contributed by atoms with van der Waals surface area (Å²) >= 11 is 0. The molecule has 0 saturated carbocycles. The van der Waals surface area contributed by atoms with Crippen LogP contribution in [0.4, 0.5) is 17.1 Å². The molecule has 0 spiro atoms. The van der Waals surface area contributed by atoms with Crippen molar-refractivity contribution in [2.75, 3.05) is 102 Å². The fraction of sp³-hybridized carbons (Fsp3) is 0.561. The van der Waals surface area contributed by atoms with Gasteiger partial charge in [-0.15, -0.1) is 0 Å². The number of nitrogens with one attached hydrogen (secondary N) is 2. The largest absolute Gasteiger partial charge is 0.596 e. The molecule has 530 valence electrons. The summed E-state index contributed by atoms with van der Waals surface area (Å²) < 4.78 is 87.1. The number of aldehydes is 1. The number of hydrogen-bond acceptors (Lipinski definition) is 29. The minimum absolute atomic E-state index is 0.00679. The first-order chi connectivity index (χ1) is 45.4. The van der Waals surface area contributed by atoms with Crippen LogP contribution in [0.3, 0.4) is 0 Å². The summed E-state index contributed by atoms with van der Waals surface area (Å²) in [6.07, 6.45) is 7.23. The highest BCUT2D eigenvalue weighted by atomic mass is 31.2. The number of nitriles is 3. The Morgan fingerprint density at radius 1 is 0.568 bits per heavy atom. The summed E-state index contributed by atoms with van der Waals surface area (Å²) in [5.41, 5.74) is 3.77. The van der Waals surface area contributed by atoms with Gasteiger partial charge in [0.25, 0.3) is 17.1 Å². The van der Waals surface area contributed by atoms with Gasteiger partial charge < -0.3 is 78.0 Å². The molecule has 0 aliphatic carbocycles. The molecule has 3 rings (SSSR count).